The number of amides is 2. The van der Waals surface area contributed by atoms with Gasteiger partial charge in [0.15, 0.2) is 0 Å². The van der Waals surface area contributed by atoms with Gasteiger partial charge in [-0.1, -0.05) is 36.4 Å². The summed E-state index contributed by atoms with van der Waals surface area (Å²) in [5.74, 6) is -0.298. The summed E-state index contributed by atoms with van der Waals surface area (Å²) in [6.45, 7) is 3.34. The third-order valence-corrected chi connectivity index (χ3v) is 6.18. The van der Waals surface area contributed by atoms with Gasteiger partial charge in [0.1, 0.15) is 0 Å². The molecule has 0 spiro atoms. The number of alkyl halides is 3. The first kappa shape index (κ1) is 22.3. The second-order valence-electron chi connectivity index (χ2n) is 8.31. The summed E-state index contributed by atoms with van der Waals surface area (Å²) in [5.41, 5.74) is 0.310. The van der Waals surface area contributed by atoms with E-state index >= 15 is 0 Å². The molecule has 0 bridgehead atoms. The van der Waals surface area contributed by atoms with E-state index in [0.29, 0.717) is 45.7 Å². The Kier molecular flexibility index (Phi) is 6.50. The van der Waals surface area contributed by atoms with Gasteiger partial charge in [0, 0.05) is 44.8 Å². The lowest BCUT2D eigenvalue weighted by Gasteiger charge is -2.27. The lowest BCUT2D eigenvalue weighted by molar-refractivity contribution is -0.137. The topological polar surface area (TPSA) is 43.9 Å². The first-order valence-electron chi connectivity index (χ1n) is 10.9. The van der Waals surface area contributed by atoms with Crippen molar-refractivity contribution >= 4 is 11.8 Å². The number of rotatable bonds is 4. The van der Waals surface area contributed by atoms with Gasteiger partial charge in [-0.2, -0.15) is 13.2 Å². The van der Waals surface area contributed by atoms with Gasteiger partial charge >= 0.3 is 6.18 Å². The number of carbonyl (C=O) groups is 2. The number of carbonyl (C=O) groups excluding carboxylic acids is 2. The van der Waals surface area contributed by atoms with Gasteiger partial charge in [0.25, 0.3) is 5.91 Å². The van der Waals surface area contributed by atoms with E-state index in [9.17, 15) is 22.8 Å². The number of hydrogen-bond acceptors (Lipinski definition) is 3. The zero-order valence-corrected chi connectivity index (χ0v) is 17.7. The SMILES string of the molecule is O=C(c1cccc(C(F)(F)F)c1)N1CCCN(C2CCN(Cc3ccccc3)C2=O)CC1. The van der Waals surface area contributed by atoms with Crippen molar-refractivity contribution in [2.45, 2.75) is 31.6 Å². The van der Waals surface area contributed by atoms with Crippen LogP contribution in [-0.2, 0) is 17.5 Å². The summed E-state index contributed by atoms with van der Waals surface area (Å²) in [6, 6.07) is 14.2. The Hall–Kier alpha value is -2.87. The summed E-state index contributed by atoms with van der Waals surface area (Å²) in [5, 5.41) is 0. The number of hydrogen-bond donors (Lipinski definition) is 0. The highest BCUT2D eigenvalue weighted by Gasteiger charge is 2.37. The Morgan fingerprint density at radius 3 is 2.47 bits per heavy atom. The zero-order valence-electron chi connectivity index (χ0n) is 17.7. The molecule has 170 valence electrons. The van der Waals surface area contributed by atoms with E-state index < -0.39 is 17.6 Å². The third kappa shape index (κ3) is 4.96. The molecule has 1 unspecified atom stereocenters. The summed E-state index contributed by atoms with van der Waals surface area (Å²) in [6.07, 6.45) is -3.07. The molecule has 0 N–H and O–H groups in total. The monoisotopic (exact) mass is 445 g/mol. The summed E-state index contributed by atoms with van der Waals surface area (Å²) in [7, 11) is 0. The molecule has 2 aromatic carbocycles. The van der Waals surface area contributed by atoms with Crippen LogP contribution in [0.5, 0.6) is 0 Å². The van der Waals surface area contributed by atoms with E-state index in [2.05, 4.69) is 4.90 Å². The van der Waals surface area contributed by atoms with Gasteiger partial charge in [-0.15, -0.1) is 0 Å². The highest BCUT2D eigenvalue weighted by atomic mass is 19.4. The van der Waals surface area contributed by atoms with Gasteiger partial charge in [-0.05, 0) is 36.6 Å². The Balaban J connectivity index is 1.37. The van der Waals surface area contributed by atoms with Crippen LogP contribution in [0.25, 0.3) is 0 Å². The molecule has 1 atom stereocenters. The average molecular weight is 445 g/mol. The van der Waals surface area contributed by atoms with Crippen molar-refractivity contribution in [1.29, 1.82) is 0 Å². The predicted octanol–water partition coefficient (Wildman–Crippen LogP) is 3.65. The first-order valence-corrected chi connectivity index (χ1v) is 10.9. The van der Waals surface area contributed by atoms with Gasteiger partial charge in [0.05, 0.1) is 11.6 Å². The smallest absolute Gasteiger partial charge is 0.337 e. The highest BCUT2D eigenvalue weighted by molar-refractivity contribution is 5.94. The fourth-order valence-electron chi connectivity index (χ4n) is 4.49. The summed E-state index contributed by atoms with van der Waals surface area (Å²) < 4.78 is 39.0. The largest absolute Gasteiger partial charge is 0.416 e. The van der Waals surface area contributed by atoms with Crippen molar-refractivity contribution < 1.29 is 22.8 Å². The molecule has 8 heteroatoms. The van der Waals surface area contributed by atoms with Crippen molar-refractivity contribution in [1.82, 2.24) is 14.7 Å². The minimum absolute atomic E-state index is 0.0410. The van der Waals surface area contributed by atoms with Crippen LogP contribution in [0, 0.1) is 0 Å². The van der Waals surface area contributed by atoms with Crippen molar-refractivity contribution in [3.05, 3.63) is 71.3 Å². The minimum atomic E-state index is -4.49. The second-order valence-corrected chi connectivity index (χ2v) is 8.31. The molecule has 4 rings (SSSR count). The zero-order chi connectivity index (χ0) is 22.7. The van der Waals surface area contributed by atoms with E-state index in [-0.39, 0.29) is 17.5 Å². The molecule has 0 radical (unpaired) electrons. The van der Waals surface area contributed by atoms with Crippen LogP contribution in [0.4, 0.5) is 13.2 Å². The molecule has 2 saturated heterocycles. The van der Waals surface area contributed by atoms with Crippen LogP contribution in [0.3, 0.4) is 0 Å². The third-order valence-electron chi connectivity index (χ3n) is 6.18. The Labute approximate surface area is 185 Å². The molecule has 5 nitrogen and oxygen atoms in total. The van der Waals surface area contributed by atoms with Gasteiger partial charge in [-0.25, -0.2) is 0 Å². The van der Waals surface area contributed by atoms with Crippen LogP contribution in [0.1, 0.15) is 34.3 Å². The van der Waals surface area contributed by atoms with Gasteiger partial charge in [-0.3, -0.25) is 14.5 Å². The molecule has 2 aliphatic heterocycles. The van der Waals surface area contributed by atoms with Crippen LogP contribution in [-0.4, -0.2) is 65.3 Å². The van der Waals surface area contributed by atoms with Crippen LogP contribution >= 0.6 is 0 Å². The van der Waals surface area contributed by atoms with Gasteiger partial charge < -0.3 is 9.80 Å². The molecule has 2 amide bonds. The number of nitrogens with zero attached hydrogens (tertiary/aromatic N) is 3. The van der Waals surface area contributed by atoms with Crippen molar-refractivity contribution in [3.8, 4) is 0 Å². The molecular formula is C24H26F3N3O2. The van der Waals surface area contributed by atoms with E-state index in [1.807, 2.05) is 35.2 Å². The maximum atomic E-state index is 13.0. The molecule has 2 fully saturated rings. The molecule has 0 aliphatic carbocycles. The molecule has 0 aromatic heterocycles. The van der Waals surface area contributed by atoms with Crippen molar-refractivity contribution in [2.24, 2.45) is 0 Å². The summed E-state index contributed by atoms with van der Waals surface area (Å²) >= 11 is 0. The first-order chi connectivity index (χ1) is 15.3. The van der Waals surface area contributed by atoms with E-state index in [1.165, 1.54) is 12.1 Å². The molecule has 2 aliphatic rings. The van der Waals surface area contributed by atoms with E-state index in [1.54, 1.807) is 4.90 Å². The van der Waals surface area contributed by atoms with Crippen LogP contribution in [0.2, 0.25) is 0 Å². The highest BCUT2D eigenvalue weighted by Crippen LogP contribution is 2.30. The fourth-order valence-corrected chi connectivity index (χ4v) is 4.49. The van der Waals surface area contributed by atoms with E-state index in [0.717, 1.165) is 24.1 Å². The normalized spacial score (nSPS) is 20.5. The standard InChI is InChI=1S/C24H26F3N3O2/c25-24(26,27)20-9-4-8-19(16-20)22(31)29-12-5-11-28(14-15-29)21-10-13-30(23(21)32)17-18-6-2-1-3-7-18/h1-4,6-9,16,21H,5,10-15,17H2. The Morgan fingerprint density at radius 1 is 0.938 bits per heavy atom. The fraction of sp³-hybridized carbons (Fsp3) is 0.417. The lowest BCUT2D eigenvalue weighted by atomic mass is 10.1. The number of likely N-dealkylation sites (tertiary alicyclic amines) is 1. The Bertz CT molecular complexity index is 964. The quantitative estimate of drug-likeness (QED) is 0.722. The predicted molar refractivity (Wildman–Crippen MR) is 114 cm³/mol. The molecular weight excluding hydrogens is 419 g/mol. The molecule has 32 heavy (non-hydrogen) atoms. The number of halogens is 3. The summed E-state index contributed by atoms with van der Waals surface area (Å²) in [4.78, 5) is 31.4. The molecule has 0 saturated carbocycles. The number of benzene rings is 2. The maximum Gasteiger partial charge on any atom is 0.416 e. The lowest BCUT2D eigenvalue weighted by Crippen LogP contribution is -2.44. The van der Waals surface area contributed by atoms with Gasteiger partial charge in [0.2, 0.25) is 5.91 Å². The second kappa shape index (κ2) is 9.32. The minimum Gasteiger partial charge on any atom is -0.337 e. The van der Waals surface area contributed by atoms with Crippen LogP contribution < -0.4 is 0 Å². The molecule has 2 heterocycles. The maximum absolute atomic E-state index is 13.0. The molecule has 2 aromatic rings. The Morgan fingerprint density at radius 2 is 1.72 bits per heavy atom. The van der Waals surface area contributed by atoms with E-state index in [4.69, 9.17) is 0 Å². The van der Waals surface area contributed by atoms with Crippen molar-refractivity contribution in [3.63, 3.8) is 0 Å². The van der Waals surface area contributed by atoms with Crippen molar-refractivity contribution in [2.75, 3.05) is 32.7 Å². The van der Waals surface area contributed by atoms with Crippen LogP contribution in [0.15, 0.2) is 54.6 Å². The average Bonchev–Trinajstić information content (AvgIpc) is 2.99.